The van der Waals surface area contributed by atoms with E-state index >= 15 is 0 Å². The van der Waals surface area contributed by atoms with E-state index < -0.39 is 22.7 Å². The summed E-state index contributed by atoms with van der Waals surface area (Å²) in [6.07, 6.45) is -1.39. The van der Waals surface area contributed by atoms with Gasteiger partial charge in [-0.05, 0) is 50.1 Å². The fraction of sp³-hybridized carbons (Fsp3) is 0.360. The molecule has 4 heterocycles. The van der Waals surface area contributed by atoms with Crippen LogP contribution in [0.25, 0.3) is 10.9 Å². The molecule has 0 aliphatic carbocycles. The zero-order valence-corrected chi connectivity index (χ0v) is 21.6. The van der Waals surface area contributed by atoms with Crippen molar-refractivity contribution in [2.75, 3.05) is 13.1 Å². The van der Waals surface area contributed by atoms with Crippen molar-refractivity contribution in [3.63, 3.8) is 0 Å². The van der Waals surface area contributed by atoms with Gasteiger partial charge in [-0.3, -0.25) is 18.7 Å². The SMILES string of the molecule is Cc1cc(C(F)(F)F)nn1CC(=O)N1CCC(c2nc(CS(=O)c3ccc4ncccc4c3)cs2)CC1. The Labute approximate surface area is 217 Å². The maximum atomic E-state index is 12.9. The molecule has 1 fully saturated rings. The molecule has 1 unspecified atom stereocenters. The summed E-state index contributed by atoms with van der Waals surface area (Å²) in [5.41, 5.74) is 0.936. The van der Waals surface area contributed by atoms with Crippen LogP contribution in [-0.4, -0.2) is 47.9 Å². The average molecular weight is 548 g/mol. The van der Waals surface area contributed by atoms with Crippen LogP contribution in [0.2, 0.25) is 0 Å². The van der Waals surface area contributed by atoms with Crippen LogP contribution in [0.1, 0.15) is 40.8 Å². The van der Waals surface area contributed by atoms with Crippen LogP contribution in [0.4, 0.5) is 13.2 Å². The minimum absolute atomic E-state index is 0.186. The van der Waals surface area contributed by atoms with Gasteiger partial charge in [0.2, 0.25) is 5.91 Å². The molecule has 1 aliphatic rings. The number of carbonyl (C=O) groups is 1. The van der Waals surface area contributed by atoms with Crippen LogP contribution in [0, 0.1) is 6.92 Å². The highest BCUT2D eigenvalue weighted by Crippen LogP contribution is 2.32. The Morgan fingerprint density at radius 3 is 2.70 bits per heavy atom. The topological polar surface area (TPSA) is 81.0 Å². The van der Waals surface area contributed by atoms with Gasteiger partial charge in [-0.2, -0.15) is 18.3 Å². The third-order valence-electron chi connectivity index (χ3n) is 6.44. The number of hydrogen-bond acceptors (Lipinski definition) is 6. The van der Waals surface area contributed by atoms with Crippen molar-refractivity contribution < 1.29 is 22.2 Å². The van der Waals surface area contributed by atoms with Gasteiger partial charge in [0.1, 0.15) is 6.54 Å². The number of thiazole rings is 1. The molecule has 4 aromatic rings. The van der Waals surface area contributed by atoms with Crippen molar-refractivity contribution >= 4 is 38.9 Å². The molecule has 1 atom stereocenters. The van der Waals surface area contributed by atoms with Gasteiger partial charge >= 0.3 is 6.18 Å². The third-order valence-corrected chi connectivity index (χ3v) is 8.83. The fourth-order valence-corrected chi connectivity index (χ4v) is 6.56. The summed E-state index contributed by atoms with van der Waals surface area (Å²) in [5.74, 6) is 0.258. The van der Waals surface area contributed by atoms with Gasteiger partial charge in [-0.1, -0.05) is 6.07 Å². The van der Waals surface area contributed by atoms with E-state index in [1.54, 1.807) is 11.1 Å². The Hall–Kier alpha value is -3.12. The van der Waals surface area contributed by atoms with Gasteiger partial charge in [0.05, 0.1) is 32.8 Å². The number of hydrogen-bond donors (Lipinski definition) is 0. The normalized spacial score (nSPS) is 15.8. The molecule has 1 amide bonds. The molecule has 12 heteroatoms. The third kappa shape index (κ3) is 5.74. The lowest BCUT2D eigenvalue weighted by Gasteiger charge is -2.31. The standard InChI is InChI=1S/C25H24F3N5O2S2/c1-16-11-22(25(26,27)28)31-33(16)13-23(34)32-9-6-17(7-10-32)24-30-19(14-36-24)15-37(35)20-4-5-21-18(12-20)3-2-8-29-21/h2-5,8,11-12,14,17H,6-7,9-10,13,15H2,1H3. The number of nitrogens with zero attached hydrogens (tertiary/aromatic N) is 5. The molecule has 7 nitrogen and oxygen atoms in total. The van der Waals surface area contributed by atoms with Gasteiger partial charge in [-0.25, -0.2) is 4.98 Å². The molecule has 0 spiro atoms. The summed E-state index contributed by atoms with van der Waals surface area (Å²) in [4.78, 5) is 24.1. The molecule has 1 saturated heterocycles. The van der Waals surface area contributed by atoms with Gasteiger partial charge in [-0.15, -0.1) is 11.3 Å². The molecule has 0 bridgehead atoms. The summed E-state index contributed by atoms with van der Waals surface area (Å²) in [6, 6.07) is 10.3. The van der Waals surface area contributed by atoms with Gasteiger partial charge in [0, 0.05) is 46.6 Å². The quantitative estimate of drug-likeness (QED) is 0.342. The smallest absolute Gasteiger partial charge is 0.341 e. The van der Waals surface area contributed by atoms with Crippen molar-refractivity contribution in [3.05, 3.63) is 70.1 Å². The average Bonchev–Trinajstić information content (AvgIpc) is 3.50. The Balaban J connectivity index is 1.16. The summed E-state index contributed by atoms with van der Waals surface area (Å²) in [6.45, 7) is 2.29. The van der Waals surface area contributed by atoms with E-state index in [0.717, 1.165) is 37.2 Å². The number of amides is 1. The van der Waals surface area contributed by atoms with E-state index in [1.807, 2.05) is 35.7 Å². The first-order valence-electron chi connectivity index (χ1n) is 11.7. The van der Waals surface area contributed by atoms with Crippen LogP contribution in [0.5, 0.6) is 0 Å². The first kappa shape index (κ1) is 25.5. The number of aromatic nitrogens is 4. The van der Waals surface area contributed by atoms with E-state index in [0.29, 0.717) is 37.4 Å². The summed E-state index contributed by atoms with van der Waals surface area (Å²) < 4.78 is 52.7. The van der Waals surface area contributed by atoms with E-state index in [4.69, 9.17) is 4.98 Å². The molecule has 3 aromatic heterocycles. The molecule has 0 saturated carbocycles. The second-order valence-electron chi connectivity index (χ2n) is 9.01. The van der Waals surface area contributed by atoms with Crippen molar-refractivity contribution in [2.45, 2.75) is 49.1 Å². The van der Waals surface area contributed by atoms with E-state index in [1.165, 1.54) is 18.3 Å². The number of likely N-dealkylation sites (tertiary alicyclic amines) is 1. The highest BCUT2D eigenvalue weighted by Gasteiger charge is 2.35. The van der Waals surface area contributed by atoms with E-state index in [-0.39, 0.29) is 18.4 Å². The maximum absolute atomic E-state index is 12.9. The van der Waals surface area contributed by atoms with Crippen molar-refractivity contribution in [3.8, 4) is 0 Å². The zero-order valence-electron chi connectivity index (χ0n) is 19.9. The lowest BCUT2D eigenvalue weighted by Crippen LogP contribution is -2.40. The van der Waals surface area contributed by atoms with Gasteiger partial charge < -0.3 is 4.90 Å². The Bertz CT molecular complexity index is 1460. The monoisotopic (exact) mass is 547 g/mol. The van der Waals surface area contributed by atoms with E-state index in [2.05, 4.69) is 10.1 Å². The number of halogens is 3. The fourth-order valence-electron chi connectivity index (χ4n) is 4.40. The largest absolute Gasteiger partial charge is 0.435 e. The first-order chi connectivity index (χ1) is 17.7. The number of piperidine rings is 1. The Morgan fingerprint density at radius 2 is 1.97 bits per heavy atom. The highest BCUT2D eigenvalue weighted by molar-refractivity contribution is 7.84. The number of fused-ring (bicyclic) bond motifs is 1. The maximum Gasteiger partial charge on any atom is 0.435 e. The van der Waals surface area contributed by atoms with Crippen molar-refractivity contribution in [1.29, 1.82) is 0 Å². The molecule has 1 aromatic carbocycles. The number of rotatable bonds is 6. The molecular weight excluding hydrogens is 523 g/mol. The van der Waals surface area contributed by atoms with Crippen LogP contribution in [0.3, 0.4) is 0 Å². The summed E-state index contributed by atoms with van der Waals surface area (Å²) in [5, 5.41) is 7.39. The van der Waals surface area contributed by atoms with Crippen molar-refractivity contribution in [2.24, 2.45) is 0 Å². The Kier molecular flexibility index (Phi) is 7.13. The number of aryl methyl sites for hydroxylation is 1. The minimum Gasteiger partial charge on any atom is -0.341 e. The predicted octanol–water partition coefficient (Wildman–Crippen LogP) is 4.93. The predicted molar refractivity (Wildman–Crippen MR) is 134 cm³/mol. The second kappa shape index (κ2) is 10.3. The molecule has 5 rings (SSSR count). The molecule has 0 radical (unpaired) electrons. The molecule has 0 N–H and O–H groups in total. The first-order valence-corrected chi connectivity index (χ1v) is 13.9. The van der Waals surface area contributed by atoms with Crippen molar-refractivity contribution in [1.82, 2.24) is 24.6 Å². The zero-order chi connectivity index (χ0) is 26.2. The highest BCUT2D eigenvalue weighted by atomic mass is 32.2. The van der Waals surface area contributed by atoms with Crippen LogP contribution < -0.4 is 0 Å². The summed E-state index contributed by atoms with van der Waals surface area (Å²) >= 11 is 1.54. The molecular formula is C25H24F3N5O2S2. The number of benzene rings is 1. The van der Waals surface area contributed by atoms with Crippen LogP contribution >= 0.6 is 11.3 Å². The number of alkyl halides is 3. The molecule has 1 aliphatic heterocycles. The lowest BCUT2D eigenvalue weighted by molar-refractivity contribution is -0.142. The van der Waals surface area contributed by atoms with Crippen LogP contribution in [0.15, 0.2) is 52.9 Å². The number of carbonyl (C=O) groups excluding carboxylic acids is 1. The molecule has 194 valence electrons. The van der Waals surface area contributed by atoms with Gasteiger partial charge in [0.15, 0.2) is 5.69 Å². The minimum atomic E-state index is -4.54. The van der Waals surface area contributed by atoms with Gasteiger partial charge in [0.25, 0.3) is 0 Å². The number of pyridine rings is 1. The lowest BCUT2D eigenvalue weighted by atomic mass is 9.97. The Morgan fingerprint density at radius 1 is 1.19 bits per heavy atom. The van der Waals surface area contributed by atoms with E-state index in [9.17, 15) is 22.2 Å². The molecule has 37 heavy (non-hydrogen) atoms. The second-order valence-corrected chi connectivity index (χ2v) is 11.3. The van der Waals surface area contributed by atoms with Crippen LogP contribution in [-0.2, 0) is 34.1 Å². The summed E-state index contributed by atoms with van der Waals surface area (Å²) in [7, 11) is -1.23.